The minimum atomic E-state index is -2.50. The van der Waals surface area contributed by atoms with Crippen LogP contribution in [0.4, 0.5) is 0 Å². The van der Waals surface area contributed by atoms with Crippen LogP contribution in [0.25, 0.3) is 83.9 Å². The number of rotatable bonds is 7. The summed E-state index contributed by atoms with van der Waals surface area (Å²) in [7, 11) is 0. The Morgan fingerprint density at radius 2 is 1.08 bits per heavy atom. The van der Waals surface area contributed by atoms with Gasteiger partial charge in [0, 0.05) is 21.4 Å². The molecule has 9 aromatic rings. The third kappa shape index (κ3) is 7.78. The zero-order chi connectivity index (χ0) is 45.0. The molecule has 300 valence electrons. The molecule has 0 saturated heterocycles. The van der Waals surface area contributed by atoms with Gasteiger partial charge in [-0.15, -0.1) is 0 Å². The van der Waals surface area contributed by atoms with Crippen LogP contribution in [-0.2, 0) is 10.8 Å². The van der Waals surface area contributed by atoms with Gasteiger partial charge in [0.2, 0.25) is 0 Å². The molecule has 0 unspecified atom stereocenters. The first-order chi connectivity index (χ1) is 30.5. The highest BCUT2D eigenvalue weighted by molar-refractivity contribution is 5.98. The summed E-state index contributed by atoms with van der Waals surface area (Å²) in [6.45, 7) is 10.7. The highest BCUT2D eigenvalue weighted by Crippen LogP contribution is 2.41. The van der Waals surface area contributed by atoms with Gasteiger partial charge in [0.05, 0.1) is 28.0 Å². The molecule has 0 radical (unpaired) electrons. The fraction of sp³-hybridized carbons (Fsp3) is 0.158. The van der Waals surface area contributed by atoms with Crippen molar-refractivity contribution < 1.29 is 9.22 Å². The number of imidazole rings is 1. The zero-order valence-electron chi connectivity index (χ0n) is 38.5. The first-order valence-corrected chi connectivity index (χ1v) is 20.9. The number of phenols is 1. The molecule has 0 aliphatic carbocycles. The molecule has 4 nitrogen and oxygen atoms in total. The second-order valence-corrected chi connectivity index (χ2v) is 18.0. The monoisotopic (exact) mass is 796 g/mol. The van der Waals surface area contributed by atoms with E-state index in [-0.39, 0.29) is 22.1 Å². The predicted molar refractivity (Wildman–Crippen MR) is 255 cm³/mol. The molecule has 0 amide bonds. The minimum Gasteiger partial charge on any atom is -0.507 e. The van der Waals surface area contributed by atoms with E-state index in [1.807, 2.05) is 95.7 Å². The van der Waals surface area contributed by atoms with Crippen molar-refractivity contribution in [3.8, 4) is 78.6 Å². The molecule has 0 spiro atoms. The van der Waals surface area contributed by atoms with Gasteiger partial charge in [-0.05, 0) is 134 Å². The third-order valence-corrected chi connectivity index (χ3v) is 11.6. The summed E-state index contributed by atoms with van der Waals surface area (Å²) in [5, 5.41) is 11.4. The van der Waals surface area contributed by atoms with Gasteiger partial charge in [-0.3, -0.25) is 9.55 Å². The molecule has 1 N–H and O–H groups in total. The maximum absolute atomic E-state index is 11.4. The number of aromatic hydroxyl groups is 1. The molecule has 2 aromatic heterocycles. The van der Waals surface area contributed by atoms with Crippen LogP contribution in [0.3, 0.4) is 0 Å². The highest BCUT2D eigenvalue weighted by Gasteiger charge is 2.24. The molecular formula is C57H51N3O. The Labute approximate surface area is 364 Å². The number of aromatic nitrogens is 3. The van der Waals surface area contributed by atoms with Crippen molar-refractivity contribution in [3.63, 3.8) is 0 Å². The average molecular weight is 797 g/mol. The molecule has 7 aromatic carbocycles. The lowest BCUT2D eigenvalue weighted by Gasteiger charge is -2.26. The van der Waals surface area contributed by atoms with E-state index >= 15 is 0 Å². The number of aryl methyl sites for hydroxylation is 1. The topological polar surface area (TPSA) is 50.9 Å². The number of phenolic OH excluding ortho intramolecular Hbond substituents is 1. The molecular weight excluding hydrogens is 743 g/mol. The SMILES string of the molecule is [2H]C([2H])([2H])c1cc(-c2cc(C(C)(C)C)cc(C(C)(C)C)c2)ccc1-n1c(-c2ccccc2O)nc2c(-c3cc(-c4ccccc4)cc(-c4cc(-c5ccccc5)ccn4)c3)cccc21. The molecule has 0 bridgehead atoms. The Bertz CT molecular complexity index is 3140. The number of benzene rings is 7. The van der Waals surface area contributed by atoms with Crippen molar-refractivity contribution in [1.82, 2.24) is 14.5 Å². The van der Waals surface area contributed by atoms with Gasteiger partial charge in [-0.25, -0.2) is 4.98 Å². The number of pyridine rings is 1. The first kappa shape index (κ1) is 35.9. The lowest BCUT2D eigenvalue weighted by Crippen LogP contribution is -2.16. The summed E-state index contributed by atoms with van der Waals surface area (Å²) in [6.07, 6.45) is 1.85. The van der Waals surface area contributed by atoms with Crippen molar-refractivity contribution >= 4 is 11.0 Å². The maximum Gasteiger partial charge on any atom is 0.149 e. The second-order valence-electron chi connectivity index (χ2n) is 18.0. The maximum atomic E-state index is 11.4. The normalized spacial score (nSPS) is 12.9. The van der Waals surface area contributed by atoms with Crippen LogP contribution in [0.5, 0.6) is 5.75 Å². The van der Waals surface area contributed by atoms with E-state index in [1.54, 1.807) is 12.1 Å². The summed E-state index contributed by atoms with van der Waals surface area (Å²) in [5.74, 6) is 0.472. The van der Waals surface area contributed by atoms with Gasteiger partial charge in [0.25, 0.3) is 0 Å². The van der Waals surface area contributed by atoms with Gasteiger partial charge in [0.15, 0.2) is 0 Å². The largest absolute Gasteiger partial charge is 0.507 e. The van der Waals surface area contributed by atoms with E-state index in [2.05, 4.69) is 114 Å². The molecule has 4 heteroatoms. The van der Waals surface area contributed by atoms with Crippen molar-refractivity contribution in [2.24, 2.45) is 0 Å². The number of hydrogen-bond donors (Lipinski definition) is 1. The molecule has 61 heavy (non-hydrogen) atoms. The summed E-state index contributed by atoms with van der Waals surface area (Å²) < 4.78 is 28.9. The molecule has 9 rings (SSSR count). The first-order valence-electron chi connectivity index (χ1n) is 22.4. The lowest BCUT2D eigenvalue weighted by molar-refractivity contribution is 0.477. The van der Waals surface area contributed by atoms with E-state index in [0.717, 1.165) is 55.8 Å². The van der Waals surface area contributed by atoms with Crippen LogP contribution in [0, 0.1) is 6.85 Å². The molecule has 2 heterocycles. The van der Waals surface area contributed by atoms with Crippen LogP contribution in [0.1, 0.15) is 62.3 Å². The van der Waals surface area contributed by atoms with E-state index in [9.17, 15) is 5.11 Å². The van der Waals surface area contributed by atoms with Crippen molar-refractivity contribution in [2.75, 3.05) is 0 Å². The van der Waals surface area contributed by atoms with Crippen LogP contribution < -0.4 is 0 Å². The van der Waals surface area contributed by atoms with E-state index in [0.29, 0.717) is 28.1 Å². The summed E-state index contributed by atoms with van der Waals surface area (Å²) in [5.41, 5.74) is 14.2. The van der Waals surface area contributed by atoms with Gasteiger partial charge < -0.3 is 5.11 Å². The molecule has 0 saturated carbocycles. The molecule has 0 aliphatic heterocycles. The number of fused-ring (bicyclic) bond motifs is 1. The summed E-state index contributed by atoms with van der Waals surface area (Å²) >= 11 is 0. The number of nitrogens with zero attached hydrogens (tertiary/aromatic N) is 3. The number of hydrogen-bond acceptors (Lipinski definition) is 3. The lowest BCUT2D eigenvalue weighted by atomic mass is 9.79. The Morgan fingerprint density at radius 1 is 0.492 bits per heavy atom. The average Bonchev–Trinajstić information content (AvgIpc) is 3.68. The van der Waals surface area contributed by atoms with Gasteiger partial charge in [0.1, 0.15) is 11.6 Å². The van der Waals surface area contributed by atoms with Crippen LogP contribution in [0.15, 0.2) is 176 Å². The number of para-hydroxylation sites is 2. The Kier molecular flexibility index (Phi) is 9.13. The molecule has 0 fully saturated rings. The third-order valence-electron chi connectivity index (χ3n) is 11.6. The van der Waals surface area contributed by atoms with Crippen LogP contribution in [0.2, 0.25) is 0 Å². The van der Waals surface area contributed by atoms with Crippen molar-refractivity contribution in [1.29, 1.82) is 0 Å². The molecule has 0 atom stereocenters. The zero-order valence-corrected chi connectivity index (χ0v) is 35.5. The smallest absolute Gasteiger partial charge is 0.149 e. The van der Waals surface area contributed by atoms with Gasteiger partial charge in [-0.1, -0.05) is 151 Å². The highest BCUT2D eigenvalue weighted by atomic mass is 16.3. The quantitative estimate of drug-likeness (QED) is 0.175. The summed E-state index contributed by atoms with van der Waals surface area (Å²) in [6, 6.07) is 56.7. The Hall–Kier alpha value is -7.04. The van der Waals surface area contributed by atoms with Gasteiger partial charge >= 0.3 is 0 Å². The minimum absolute atomic E-state index is 0.0408. The van der Waals surface area contributed by atoms with Crippen molar-refractivity contribution in [3.05, 3.63) is 193 Å². The second kappa shape index (κ2) is 15.5. The summed E-state index contributed by atoms with van der Waals surface area (Å²) in [4.78, 5) is 10.2. The molecule has 0 aliphatic rings. The predicted octanol–water partition coefficient (Wildman–Crippen LogP) is 15.0. The Morgan fingerprint density at radius 3 is 1.75 bits per heavy atom. The standard InChI is InChI=1S/C57H51N3O/c1-37-29-40(43-33-46(56(2,3)4)36-47(34-43)57(5,6)7)25-26-51(37)60-52-23-16-22-48(54(52)59-55(60)49-21-14-15-24-53(49)61)44-30-42(39-19-12-9-13-20-39)31-45(32-44)50-35-41(27-28-58-50)38-17-10-8-11-18-38/h8-36,61H,1-7H3/i1D3. The Balaban J connectivity index is 1.28. The van der Waals surface area contributed by atoms with E-state index in [1.165, 1.54) is 11.1 Å². The van der Waals surface area contributed by atoms with Crippen LogP contribution in [-0.4, -0.2) is 19.6 Å². The van der Waals surface area contributed by atoms with E-state index < -0.39 is 6.85 Å². The fourth-order valence-electron chi connectivity index (χ4n) is 8.12. The van der Waals surface area contributed by atoms with Crippen LogP contribution >= 0.6 is 0 Å². The van der Waals surface area contributed by atoms with E-state index in [4.69, 9.17) is 14.1 Å². The van der Waals surface area contributed by atoms with Crippen molar-refractivity contribution in [2.45, 2.75) is 59.2 Å². The fourth-order valence-corrected chi connectivity index (χ4v) is 8.12. The van der Waals surface area contributed by atoms with Gasteiger partial charge in [-0.2, -0.15) is 0 Å².